The average Bonchev–Trinajstić information content (AvgIpc) is 3.43. The maximum Gasteiger partial charge on any atom is 0.357 e. The normalized spacial score (nSPS) is 24.4. The zero-order valence-corrected chi connectivity index (χ0v) is 26.4. The molecule has 0 radical (unpaired) electrons. The molecule has 1 heterocycles. The van der Waals surface area contributed by atoms with Crippen molar-refractivity contribution in [2.45, 2.75) is 44.2 Å². The summed E-state index contributed by atoms with van der Waals surface area (Å²) in [6.45, 7) is 1.92. The number of rotatable bonds is 8. The van der Waals surface area contributed by atoms with Gasteiger partial charge < -0.3 is 35.8 Å². The summed E-state index contributed by atoms with van der Waals surface area (Å²) in [4.78, 5) is 59.3. The molecule has 0 saturated heterocycles. The third kappa shape index (κ3) is 4.96. The number of aromatic hydroxyl groups is 1. The second-order valence-electron chi connectivity index (χ2n) is 12.0. The highest BCUT2D eigenvalue weighted by atomic mass is 32.1. The largest absolute Gasteiger partial charge is 0.508 e. The Morgan fingerprint density at radius 1 is 1.16 bits per heavy atom. The molecule has 1 aromatic heterocycles. The quantitative estimate of drug-likeness (QED) is 0.206. The number of amides is 1. The van der Waals surface area contributed by atoms with E-state index in [4.69, 9.17) is 10.5 Å². The Balaban J connectivity index is 1.60. The van der Waals surface area contributed by atoms with Gasteiger partial charge in [-0.3, -0.25) is 19.3 Å². The van der Waals surface area contributed by atoms with Crippen molar-refractivity contribution in [1.82, 2.24) is 9.88 Å². The number of phenols is 1. The number of ether oxygens (including phenoxy) is 1. The van der Waals surface area contributed by atoms with Crippen LogP contribution in [-0.4, -0.2) is 100 Å². The number of anilines is 1. The first kappa shape index (κ1) is 32.1. The molecule has 0 unspecified atom stereocenters. The lowest BCUT2D eigenvalue weighted by molar-refractivity contribution is -0.153. The summed E-state index contributed by atoms with van der Waals surface area (Å²) in [6, 6.07) is 0.648. The third-order valence-electron chi connectivity index (χ3n) is 8.90. The topological polar surface area (TPSA) is 204 Å². The van der Waals surface area contributed by atoms with Crippen LogP contribution in [0.1, 0.15) is 45.5 Å². The van der Waals surface area contributed by atoms with Crippen LogP contribution in [-0.2, 0) is 38.4 Å². The van der Waals surface area contributed by atoms with Gasteiger partial charge in [0, 0.05) is 43.1 Å². The molecule has 1 saturated carbocycles. The number of aliphatic hydroxyl groups excluding tert-OH is 2. The van der Waals surface area contributed by atoms with Crippen molar-refractivity contribution < 1.29 is 44.3 Å². The van der Waals surface area contributed by atoms with Gasteiger partial charge in [-0.1, -0.05) is 0 Å². The van der Waals surface area contributed by atoms with Crippen LogP contribution in [0.25, 0.3) is 5.76 Å². The Morgan fingerprint density at radius 3 is 2.44 bits per heavy atom. The second-order valence-corrected chi connectivity index (χ2v) is 12.9. The van der Waals surface area contributed by atoms with Gasteiger partial charge in [0.05, 0.1) is 23.2 Å². The molecule has 6 N–H and O–H groups in total. The van der Waals surface area contributed by atoms with Crippen LogP contribution in [0.3, 0.4) is 0 Å². The van der Waals surface area contributed by atoms with Gasteiger partial charge in [-0.05, 0) is 63.4 Å². The number of carbonyl (C=O) groups is 4. The van der Waals surface area contributed by atoms with E-state index in [0.717, 1.165) is 0 Å². The first-order valence-electron chi connectivity index (χ1n) is 14.5. The second kappa shape index (κ2) is 11.6. The van der Waals surface area contributed by atoms with E-state index in [9.17, 15) is 39.6 Å². The number of nitrogens with two attached hydrogens (primary N) is 1. The van der Waals surface area contributed by atoms with Gasteiger partial charge in [-0.2, -0.15) is 0 Å². The van der Waals surface area contributed by atoms with Crippen LogP contribution in [0.2, 0.25) is 0 Å². The monoisotopic (exact) mass is 640 g/mol. The summed E-state index contributed by atoms with van der Waals surface area (Å²) in [5.41, 5.74) is 3.56. The molecule has 45 heavy (non-hydrogen) atoms. The summed E-state index contributed by atoms with van der Waals surface area (Å²) >= 11 is 1.28. The van der Waals surface area contributed by atoms with E-state index >= 15 is 0 Å². The number of aliphatic hydroxyl groups is 3. The number of primary amides is 1. The average molecular weight is 641 g/mol. The maximum absolute atomic E-state index is 14.1. The molecule has 0 bridgehead atoms. The molecule has 4 atom stereocenters. The number of aryl methyl sites for hydroxylation is 2. The number of hydrogen-bond donors (Lipinski definition) is 5. The predicted octanol–water partition coefficient (Wildman–Crippen LogP) is 1.45. The highest BCUT2D eigenvalue weighted by molar-refractivity contribution is 7.09. The number of phenolic OH excluding ortho intramolecular Hbond substituents is 1. The number of hydrogen-bond acceptors (Lipinski definition) is 13. The Morgan fingerprint density at radius 2 is 1.84 bits per heavy atom. The first-order valence-corrected chi connectivity index (χ1v) is 15.3. The Kier molecular flexibility index (Phi) is 8.27. The minimum atomic E-state index is -2.70. The van der Waals surface area contributed by atoms with E-state index in [1.54, 1.807) is 46.6 Å². The number of aromatic nitrogens is 1. The zero-order valence-electron chi connectivity index (χ0n) is 25.6. The van der Waals surface area contributed by atoms with Crippen molar-refractivity contribution in [2.24, 2.45) is 17.6 Å². The summed E-state index contributed by atoms with van der Waals surface area (Å²) in [6.07, 6.45) is 0.831. The van der Waals surface area contributed by atoms with Crippen molar-refractivity contribution in [3.63, 3.8) is 0 Å². The van der Waals surface area contributed by atoms with Crippen LogP contribution in [0.4, 0.5) is 5.69 Å². The molecule has 1 fully saturated rings. The molecule has 1 aromatic carbocycles. The number of ketones is 2. The number of nitrogens with zero attached hydrogens (tertiary/aromatic N) is 3. The highest BCUT2D eigenvalue weighted by Crippen LogP contribution is 2.54. The summed E-state index contributed by atoms with van der Waals surface area (Å²) < 4.78 is 5.00. The van der Waals surface area contributed by atoms with E-state index in [1.165, 1.54) is 16.2 Å². The molecule has 13 nitrogen and oxygen atoms in total. The predicted molar refractivity (Wildman–Crippen MR) is 164 cm³/mol. The molecule has 2 aromatic rings. The van der Waals surface area contributed by atoms with E-state index in [2.05, 4.69) is 4.98 Å². The zero-order chi connectivity index (χ0) is 33.1. The standard InChI is InChI=1S/C31H36N4O9S/c1-6-44-30(42)17-12-45-19(33-17)8-7-13-11-18(34(2)3)15-9-14-10-16-23(35(4)5)26(38)22(29(32)41)28(40)31(16,43)27(39)20(14)25(37)21(15)24(13)36/h11-12,14,16,23,36-37,40,43H,6-10H2,1-5H3,(H2,32,41)/t14-,16-,23-,31-/m0/s1. The van der Waals surface area contributed by atoms with Gasteiger partial charge in [-0.15, -0.1) is 11.3 Å². The minimum Gasteiger partial charge on any atom is -0.508 e. The molecule has 3 aliphatic rings. The van der Waals surface area contributed by atoms with Crippen molar-refractivity contribution in [3.05, 3.63) is 55.7 Å². The number of benzene rings is 1. The minimum absolute atomic E-state index is 0.00793. The molecule has 1 amide bonds. The molecular formula is C31H36N4O9S. The van der Waals surface area contributed by atoms with Crippen LogP contribution in [0, 0.1) is 11.8 Å². The lowest BCUT2D eigenvalue weighted by atomic mass is 9.57. The van der Waals surface area contributed by atoms with E-state index in [-0.39, 0.29) is 48.4 Å². The lowest BCUT2D eigenvalue weighted by Crippen LogP contribution is -2.65. The molecule has 240 valence electrons. The lowest BCUT2D eigenvalue weighted by Gasteiger charge is -2.50. The number of fused-ring (bicyclic) bond motifs is 3. The fourth-order valence-corrected chi connectivity index (χ4v) is 7.67. The van der Waals surface area contributed by atoms with Crippen LogP contribution in [0.15, 0.2) is 28.4 Å². The van der Waals surface area contributed by atoms with Crippen LogP contribution in [0.5, 0.6) is 5.75 Å². The Hall–Kier alpha value is -4.27. The summed E-state index contributed by atoms with van der Waals surface area (Å²) in [5.74, 6) is -7.43. The number of likely N-dealkylation sites (N-methyl/N-ethyl adjacent to an activating group) is 1. The first-order chi connectivity index (χ1) is 21.1. The Labute approximate surface area is 263 Å². The van der Waals surface area contributed by atoms with Gasteiger partial charge in [-0.25, -0.2) is 9.78 Å². The molecule has 0 spiro atoms. The highest BCUT2D eigenvalue weighted by Gasteiger charge is 2.64. The fourth-order valence-electron chi connectivity index (χ4n) is 6.90. The van der Waals surface area contributed by atoms with Crippen LogP contribution < -0.4 is 10.6 Å². The van der Waals surface area contributed by atoms with Gasteiger partial charge in [0.15, 0.2) is 17.1 Å². The van der Waals surface area contributed by atoms with Gasteiger partial charge >= 0.3 is 5.97 Å². The van der Waals surface area contributed by atoms with Crippen molar-refractivity contribution in [2.75, 3.05) is 39.7 Å². The number of carbonyl (C=O) groups excluding carboxylic acids is 4. The number of thiazole rings is 1. The van der Waals surface area contributed by atoms with Crippen LogP contribution >= 0.6 is 11.3 Å². The summed E-state index contributed by atoms with van der Waals surface area (Å²) in [7, 11) is 6.72. The SMILES string of the molecule is CCOC(=O)c1csc(CCc2cc(N(C)C)c3c(c2O)C(O)=C2C(=O)[C@]4(O)C(O)=C(C(N)=O)C(=O)[C@@H](N(C)C)[C@@H]4C[C@@H]2C3)n1. The van der Waals surface area contributed by atoms with Crippen molar-refractivity contribution in [1.29, 1.82) is 0 Å². The fraction of sp³-hybridized carbons (Fsp3) is 0.452. The van der Waals surface area contributed by atoms with E-state index < -0.39 is 64.0 Å². The van der Waals surface area contributed by atoms with E-state index in [0.29, 0.717) is 28.2 Å². The summed E-state index contributed by atoms with van der Waals surface area (Å²) in [5, 5.41) is 48.3. The third-order valence-corrected chi connectivity index (χ3v) is 9.81. The molecule has 0 aliphatic heterocycles. The smallest absolute Gasteiger partial charge is 0.357 e. The van der Waals surface area contributed by atoms with Gasteiger partial charge in [0.25, 0.3) is 5.91 Å². The molecule has 3 aliphatic carbocycles. The van der Waals surface area contributed by atoms with Gasteiger partial charge in [0.2, 0.25) is 5.78 Å². The Bertz CT molecular complexity index is 1690. The van der Waals surface area contributed by atoms with E-state index in [1.807, 2.05) is 4.90 Å². The van der Waals surface area contributed by atoms with Gasteiger partial charge in [0.1, 0.15) is 22.8 Å². The maximum atomic E-state index is 14.1. The van der Waals surface area contributed by atoms with Crippen molar-refractivity contribution in [3.8, 4) is 5.75 Å². The number of esters is 1. The number of Topliss-reactive ketones (excluding diaryl/α,β-unsaturated/α-hetero) is 2. The van der Waals surface area contributed by atoms with Crippen molar-refractivity contribution >= 4 is 46.2 Å². The molecule has 5 rings (SSSR count). The molecule has 14 heteroatoms. The molecular weight excluding hydrogens is 604 g/mol.